The molecular weight excluding hydrogens is 1640 g/mol. The number of hydrogen-bond donors (Lipinski definition) is 2. The highest BCUT2D eigenvalue weighted by atomic mass is 19.2. The van der Waals surface area contributed by atoms with Crippen molar-refractivity contribution in [1.82, 2.24) is 92.8 Å². The minimum absolute atomic E-state index is 0.0213. The average molecular weight is 1730 g/mol. The zero-order chi connectivity index (χ0) is 89.9. The van der Waals surface area contributed by atoms with Gasteiger partial charge in [-0.05, 0) is 218 Å². The molecule has 10 aromatic heterocycles. The highest BCUT2D eigenvalue weighted by molar-refractivity contribution is 6.02. The molecule has 6 aliphatic rings. The Morgan fingerprint density at radius 2 is 0.891 bits per heavy atom. The lowest BCUT2D eigenvalue weighted by atomic mass is 9.95. The maximum absolute atomic E-state index is 14.1. The number of carboxylic acids is 1. The molecule has 33 heteroatoms. The summed E-state index contributed by atoms with van der Waals surface area (Å²) in [6.07, 6.45) is 23.0. The first-order chi connectivity index (χ1) is 61.5. The quantitative estimate of drug-likeness (QED) is 0.0955. The van der Waals surface area contributed by atoms with Gasteiger partial charge in [-0.2, -0.15) is 0 Å². The summed E-state index contributed by atoms with van der Waals surface area (Å²) in [5, 5.41) is 25.1. The Bertz CT molecular complexity index is 6210. The van der Waals surface area contributed by atoms with Crippen molar-refractivity contribution in [3.8, 4) is 28.6 Å². The van der Waals surface area contributed by atoms with E-state index in [1.165, 1.54) is 20.8 Å². The van der Waals surface area contributed by atoms with E-state index in [9.17, 15) is 56.6 Å². The fourth-order valence-corrected chi connectivity index (χ4v) is 17.2. The Labute approximate surface area is 735 Å². The summed E-state index contributed by atoms with van der Waals surface area (Å²) in [4.78, 5) is 138. The van der Waals surface area contributed by atoms with Crippen LogP contribution in [0.5, 0.6) is 0 Å². The second-order valence-electron chi connectivity index (χ2n) is 34.4. The predicted octanol–water partition coefficient (Wildman–Crippen LogP) is 14.1. The molecule has 0 saturated carbocycles. The molecule has 3 aromatic carbocycles. The third kappa shape index (κ3) is 19.0. The molecule has 13 aromatic rings. The maximum atomic E-state index is 14.1. The third-order valence-corrected chi connectivity index (χ3v) is 25.1. The molecule has 6 fully saturated rings. The fourth-order valence-electron chi connectivity index (χ4n) is 17.2. The summed E-state index contributed by atoms with van der Waals surface area (Å²) in [6.45, 7) is 20.9. The van der Waals surface area contributed by atoms with Gasteiger partial charge >= 0.3 is 5.97 Å². The van der Waals surface area contributed by atoms with Gasteiger partial charge in [0.2, 0.25) is 5.91 Å². The van der Waals surface area contributed by atoms with E-state index >= 15 is 0 Å². The molecule has 658 valence electrons. The number of rotatable bonds is 14. The molecule has 3 N–H and O–H groups in total. The van der Waals surface area contributed by atoms with Gasteiger partial charge in [0.05, 0.1) is 46.9 Å². The lowest BCUT2D eigenvalue weighted by Gasteiger charge is -2.34. The van der Waals surface area contributed by atoms with Crippen LogP contribution in [-0.4, -0.2) is 240 Å². The largest absolute Gasteiger partial charge is 0.480 e. The number of nitrogens with zero attached hydrogens (tertiary/aromatic N) is 20. The number of halogens is 3. The number of tetrazole rings is 1. The summed E-state index contributed by atoms with van der Waals surface area (Å²) in [7, 11) is 0. The first-order valence-electron chi connectivity index (χ1n) is 43.3. The summed E-state index contributed by atoms with van der Waals surface area (Å²) >= 11 is 0. The Balaban J connectivity index is 0.000000126. The van der Waals surface area contributed by atoms with Crippen molar-refractivity contribution < 1.29 is 56.6 Å². The summed E-state index contributed by atoms with van der Waals surface area (Å²) in [5.74, 6) is -0.474. The number of pyridine rings is 5. The number of aryl methyl sites for hydroxylation is 1. The number of fused-ring (bicyclic) bond motifs is 4. The Hall–Kier alpha value is -14.3. The number of carbonyl (C=O) groups is 8. The number of hydrogen-bond acceptors (Lipinski definition) is 16. The maximum Gasteiger partial charge on any atom is 0.326 e. The van der Waals surface area contributed by atoms with Crippen molar-refractivity contribution in [1.29, 1.82) is 0 Å². The van der Waals surface area contributed by atoms with Gasteiger partial charge in [0, 0.05) is 165 Å². The van der Waals surface area contributed by atoms with Crippen LogP contribution in [0, 0.1) is 12.5 Å². The Kier molecular flexibility index (Phi) is 25.0. The zero-order valence-electron chi connectivity index (χ0n) is 71.8. The van der Waals surface area contributed by atoms with E-state index in [-0.39, 0.29) is 35.4 Å². The van der Waals surface area contributed by atoms with Crippen LogP contribution in [0.25, 0.3) is 77.4 Å². The number of amides is 7. The highest BCUT2D eigenvalue weighted by Crippen LogP contribution is 2.34. The number of alkyl halides is 3. The van der Waals surface area contributed by atoms with E-state index in [0.29, 0.717) is 190 Å². The number of nitrogens with two attached hydrogens (primary N) is 1. The van der Waals surface area contributed by atoms with Crippen LogP contribution in [0.4, 0.5) is 18.9 Å². The number of carbonyl (C=O) groups excluding carboxylic acids is 7. The van der Waals surface area contributed by atoms with Gasteiger partial charge in [-0.3, -0.25) is 38.1 Å². The van der Waals surface area contributed by atoms with Gasteiger partial charge in [0.25, 0.3) is 35.4 Å². The van der Waals surface area contributed by atoms with Crippen LogP contribution in [-0.2, 0) is 16.0 Å². The molecule has 0 radical (unpaired) electrons. The smallest absolute Gasteiger partial charge is 0.326 e. The second kappa shape index (κ2) is 36.7. The molecule has 6 aliphatic heterocycles. The monoisotopic (exact) mass is 1730 g/mol. The first-order valence-corrected chi connectivity index (χ1v) is 43.3. The first kappa shape index (κ1) is 87.2. The molecule has 128 heavy (non-hydrogen) atoms. The van der Waals surface area contributed by atoms with Crippen LogP contribution < -0.4 is 5.73 Å². The van der Waals surface area contributed by atoms with Gasteiger partial charge in [-0.15, -0.1) is 15.0 Å². The number of benzene rings is 3. The van der Waals surface area contributed by atoms with E-state index in [4.69, 9.17) is 12.3 Å². The number of aromatic nitrogens is 13. The van der Waals surface area contributed by atoms with Crippen molar-refractivity contribution in [2.45, 2.75) is 147 Å². The predicted molar refractivity (Wildman–Crippen MR) is 474 cm³/mol. The van der Waals surface area contributed by atoms with Gasteiger partial charge in [-0.25, -0.2) is 47.7 Å². The average Bonchev–Trinajstić information content (AvgIpc) is 1.62. The number of likely N-dealkylation sites (tertiary alicyclic amines) is 6. The zero-order valence-corrected chi connectivity index (χ0v) is 71.8. The molecule has 0 unspecified atom stereocenters. The van der Waals surface area contributed by atoms with Crippen molar-refractivity contribution >= 4 is 97.0 Å². The molecule has 0 bridgehead atoms. The van der Waals surface area contributed by atoms with Crippen LogP contribution >= 0.6 is 0 Å². The van der Waals surface area contributed by atoms with E-state index < -0.39 is 41.0 Å². The summed E-state index contributed by atoms with van der Waals surface area (Å²) in [6, 6.07) is 38.8. The van der Waals surface area contributed by atoms with Crippen LogP contribution in [0.1, 0.15) is 180 Å². The van der Waals surface area contributed by atoms with Crippen LogP contribution in [0.15, 0.2) is 189 Å². The standard InChI is InChI=1S/C26H28FN5O3.C26H27FN4O4.C22H23FN8O.C21H20N4O/c1-26(27)8-12-30(13-9-26)24(34)19-14-17-7-11-31(23(17)29-16-19)20-5-2-4-18(15-20)25(35)32-10-3-6-21(32)22(28)33;1-26(27)8-12-29(13-9-26)23(32)19-14-17-7-11-30(22(17)28-16-19)20-5-2-4-18(15-20)24(33)31-10-3-6-21(31)25(34)35;1-3-18-26-28-31(27-18)19-5-4-17(14-24-19)30-9-6-15-12-16(13-25-20(15)30)21(32)29-10-7-22(2,23)8-11-29;1-15-7-10-24(11-8-15)21(26)19-13-16-9-12-25(20(16)14-23-19)18-5-3-17(22-2)4-6-18/h2,4-5,7,11,14-16,21H,3,6,8-10,12-13H2,1H3,(H2,28,33);2,4-5,7,11,14-16,21H,3,6,8-10,12-13H2,1H3,(H,34,35);4-6,9,12-14H,3,7-8,10-11H2,1-2H3;3-6,9,12-15H,7-8,10-11H2,1H3/t2*21-;;/m00../s1. The minimum Gasteiger partial charge on any atom is -0.480 e. The number of primary amides is 1. The Morgan fingerprint density at radius 1 is 0.453 bits per heavy atom. The molecule has 0 spiro atoms. The molecule has 2 atom stereocenters. The molecular formula is C95H98F3N21O9. The van der Waals surface area contributed by atoms with Gasteiger partial charge in [0.15, 0.2) is 17.3 Å². The molecule has 0 aliphatic carbocycles. The van der Waals surface area contributed by atoms with Gasteiger partial charge in [0.1, 0.15) is 51.7 Å². The molecule has 16 heterocycles. The third-order valence-electron chi connectivity index (χ3n) is 25.1. The second-order valence-corrected chi connectivity index (χ2v) is 34.4. The summed E-state index contributed by atoms with van der Waals surface area (Å²) in [5.41, 5.74) is 11.5. The van der Waals surface area contributed by atoms with Crippen LogP contribution in [0.2, 0.25) is 0 Å². The van der Waals surface area contributed by atoms with E-state index in [1.807, 2.05) is 128 Å². The number of carboxylic acid groups (broad SMARTS) is 1. The Morgan fingerprint density at radius 3 is 1.33 bits per heavy atom. The highest BCUT2D eigenvalue weighted by Gasteiger charge is 2.39. The van der Waals surface area contributed by atoms with Crippen molar-refractivity contribution in [2.24, 2.45) is 11.7 Å². The lowest BCUT2D eigenvalue weighted by Crippen LogP contribution is -2.43. The van der Waals surface area contributed by atoms with Crippen LogP contribution in [0.3, 0.4) is 0 Å². The van der Waals surface area contributed by atoms with Crippen molar-refractivity contribution in [2.75, 3.05) is 65.4 Å². The fraction of sp³-hybridized carbons (Fsp3) is 0.358. The van der Waals surface area contributed by atoms with Gasteiger partial charge < -0.3 is 53.9 Å². The van der Waals surface area contributed by atoms with E-state index in [0.717, 1.165) is 82.1 Å². The van der Waals surface area contributed by atoms with E-state index in [2.05, 4.69) is 52.1 Å². The number of aliphatic carboxylic acids is 1. The van der Waals surface area contributed by atoms with E-state index in [1.54, 1.807) is 121 Å². The SMILES string of the molecule is CC1(F)CCN(C(=O)c2cnc3c(ccn3-c3cccc(C(=O)N4CCC[C@H]4C(=O)O)c3)c2)CC1.CC1(F)CCN(C(=O)c2cnc3c(ccn3-c3cccc(C(=O)N4CCC[C@H]4C(N)=O)c3)c2)CC1.CCc1nnn(-c2ccc(-n3ccc4cc(C(=O)N5CCC(C)(F)CC5)cnc43)cn2)n1.[C-]#[N+]c1ccc(-n2ccc3cc(C(=O)N4CCC(C)CC4)ncc32)cc1. The number of piperidine rings is 4. The minimum atomic E-state index is -1.23. The molecule has 19 rings (SSSR count). The van der Waals surface area contributed by atoms with Crippen molar-refractivity contribution in [3.63, 3.8) is 0 Å². The molecule has 7 amide bonds. The summed E-state index contributed by atoms with van der Waals surface area (Å²) < 4.78 is 49.9. The normalized spacial score (nSPS) is 17.9. The molecule has 30 nitrogen and oxygen atoms in total. The molecule has 6 saturated heterocycles. The van der Waals surface area contributed by atoms with Crippen molar-refractivity contribution in [3.05, 3.63) is 240 Å². The lowest BCUT2D eigenvalue weighted by molar-refractivity contribution is -0.141. The topological polar surface area (TPSA) is 334 Å². The van der Waals surface area contributed by atoms with Gasteiger partial charge in [-0.1, -0.05) is 38.1 Å².